The Labute approximate surface area is 237 Å². The molecule has 0 unspecified atom stereocenters. The summed E-state index contributed by atoms with van der Waals surface area (Å²) in [5.41, 5.74) is 7.49. The Morgan fingerprint density at radius 2 is 1.93 bits per heavy atom. The van der Waals surface area contributed by atoms with Crippen LogP contribution in [0.5, 0.6) is 0 Å². The van der Waals surface area contributed by atoms with Gasteiger partial charge in [-0.15, -0.1) is 0 Å². The number of nitrogens with zero attached hydrogens (tertiary/aromatic N) is 4. The first kappa shape index (κ1) is 29.1. The van der Waals surface area contributed by atoms with Crippen LogP contribution in [-0.2, 0) is 14.3 Å². The predicted octanol–water partition coefficient (Wildman–Crippen LogP) is 4.44. The Kier molecular flexibility index (Phi) is 10.1. The second kappa shape index (κ2) is 13.9. The number of guanidine groups is 1. The number of hydrogen-bond donors (Lipinski definition) is 2. The predicted molar refractivity (Wildman–Crippen MR) is 155 cm³/mol. The molecule has 1 aromatic carbocycles. The third-order valence-corrected chi connectivity index (χ3v) is 7.43. The minimum atomic E-state index is -0.413. The van der Waals surface area contributed by atoms with Crippen LogP contribution in [-0.4, -0.2) is 71.3 Å². The van der Waals surface area contributed by atoms with Gasteiger partial charge in [0.15, 0.2) is 0 Å². The van der Waals surface area contributed by atoms with E-state index in [0.717, 1.165) is 85.5 Å². The minimum Gasteiger partial charge on any atom is -0.462 e. The highest BCUT2D eigenvalue weighted by Gasteiger charge is 2.23. The van der Waals surface area contributed by atoms with E-state index in [1.165, 1.54) is 6.20 Å². The fourth-order valence-electron chi connectivity index (χ4n) is 4.58. The molecule has 3 N–H and O–H groups in total. The number of nitrogens with one attached hydrogen (secondary N) is 1. The van der Waals surface area contributed by atoms with E-state index in [9.17, 15) is 14.4 Å². The number of furan rings is 1. The van der Waals surface area contributed by atoms with Crippen LogP contribution >= 0.6 is 11.3 Å². The summed E-state index contributed by atoms with van der Waals surface area (Å²) in [6, 6.07) is 7.57. The molecule has 2 aliphatic rings. The Morgan fingerprint density at radius 1 is 1.15 bits per heavy atom. The highest BCUT2D eigenvalue weighted by atomic mass is 32.1. The number of carbonyl (C=O) groups is 3. The van der Waals surface area contributed by atoms with E-state index in [4.69, 9.17) is 14.9 Å². The number of anilines is 1. The van der Waals surface area contributed by atoms with Crippen LogP contribution in [0.1, 0.15) is 60.9 Å². The smallest absolute Gasteiger partial charge is 0.350 e. The number of aromatic nitrogens is 1. The van der Waals surface area contributed by atoms with Gasteiger partial charge < -0.3 is 30.0 Å². The molecule has 0 saturated carbocycles. The highest BCUT2D eigenvalue weighted by molar-refractivity contribution is 7.17. The molecule has 0 aliphatic carbocycles. The van der Waals surface area contributed by atoms with Crippen molar-refractivity contribution in [3.63, 3.8) is 0 Å². The van der Waals surface area contributed by atoms with Crippen LogP contribution in [0.25, 0.3) is 11.0 Å². The van der Waals surface area contributed by atoms with Gasteiger partial charge in [0.2, 0.25) is 22.9 Å². The van der Waals surface area contributed by atoms with Gasteiger partial charge >= 0.3 is 5.97 Å². The Bertz CT molecular complexity index is 1360. The summed E-state index contributed by atoms with van der Waals surface area (Å²) >= 11 is 1.12. The summed E-state index contributed by atoms with van der Waals surface area (Å²) in [7, 11) is 0. The van der Waals surface area contributed by atoms with Crippen molar-refractivity contribution >= 4 is 56.9 Å². The zero-order valence-corrected chi connectivity index (χ0v) is 23.8. The van der Waals surface area contributed by atoms with Gasteiger partial charge in [0.25, 0.3) is 0 Å². The number of aliphatic imine (C=N–C) groups is 1. The van der Waals surface area contributed by atoms with Gasteiger partial charge in [-0.05, 0) is 63.8 Å². The Morgan fingerprint density at radius 3 is 2.70 bits per heavy atom. The topological polar surface area (TPSA) is 143 Å². The van der Waals surface area contributed by atoms with E-state index in [1.807, 2.05) is 36.1 Å². The molecule has 2 fully saturated rings. The number of rotatable bonds is 6. The number of carbonyl (C=O) groups excluding carboxylic acids is 3. The molecule has 2 aromatic heterocycles. The fourth-order valence-corrected chi connectivity index (χ4v) is 5.28. The maximum absolute atomic E-state index is 11.9. The first-order valence-electron chi connectivity index (χ1n) is 13.6. The summed E-state index contributed by atoms with van der Waals surface area (Å²) in [4.78, 5) is 47.5. The van der Waals surface area contributed by atoms with Crippen LogP contribution in [0.15, 0.2) is 39.9 Å². The molecular formula is C28H36N6O5S. The number of ether oxygens (including phenoxy) is 1. The molecular weight excluding hydrogens is 532 g/mol. The lowest BCUT2D eigenvalue weighted by molar-refractivity contribution is -0.139. The second-order valence-corrected chi connectivity index (χ2v) is 10.7. The molecule has 5 rings (SSSR count). The number of aryl methyl sites for hydroxylation is 1. The number of likely N-dealkylation sites (tertiary alicyclic amines) is 2. The highest BCUT2D eigenvalue weighted by Crippen LogP contribution is 2.24. The molecule has 3 aromatic rings. The third-order valence-electron chi connectivity index (χ3n) is 6.55. The maximum Gasteiger partial charge on any atom is 0.350 e. The number of amides is 2. The van der Waals surface area contributed by atoms with E-state index in [-0.39, 0.29) is 17.8 Å². The van der Waals surface area contributed by atoms with Crippen molar-refractivity contribution in [2.75, 3.05) is 38.1 Å². The number of thiazole rings is 1. The van der Waals surface area contributed by atoms with Crippen LogP contribution in [0.3, 0.4) is 0 Å². The lowest BCUT2D eigenvalue weighted by atomic mass is 10.2. The van der Waals surface area contributed by atoms with E-state index in [0.29, 0.717) is 29.6 Å². The van der Waals surface area contributed by atoms with Gasteiger partial charge in [-0.25, -0.2) is 9.78 Å². The third kappa shape index (κ3) is 8.04. The summed E-state index contributed by atoms with van der Waals surface area (Å²) < 4.78 is 10.4. The molecule has 2 aliphatic heterocycles. The first-order chi connectivity index (χ1) is 19.3. The quantitative estimate of drug-likeness (QED) is 0.252. The van der Waals surface area contributed by atoms with Crippen molar-refractivity contribution in [1.82, 2.24) is 14.8 Å². The molecule has 2 saturated heterocycles. The lowest BCUT2D eigenvalue weighted by Gasteiger charge is -2.23. The summed E-state index contributed by atoms with van der Waals surface area (Å²) in [6.45, 7) is 6.78. The fraction of sp³-hybridized carbons (Fsp3) is 0.464. The van der Waals surface area contributed by atoms with Crippen molar-refractivity contribution in [3.05, 3.63) is 41.1 Å². The molecule has 2 amide bonds. The maximum atomic E-state index is 11.9. The van der Waals surface area contributed by atoms with Crippen molar-refractivity contribution in [2.45, 2.75) is 52.4 Å². The van der Waals surface area contributed by atoms with Crippen molar-refractivity contribution in [2.24, 2.45) is 10.7 Å². The molecule has 4 heterocycles. The summed E-state index contributed by atoms with van der Waals surface area (Å²) in [6.07, 6.45) is 7.40. The van der Waals surface area contributed by atoms with Crippen LogP contribution in [0.4, 0.5) is 10.8 Å². The number of benzene rings is 1. The Balaban J connectivity index is 0.000000201. The van der Waals surface area contributed by atoms with E-state index in [2.05, 4.69) is 15.3 Å². The van der Waals surface area contributed by atoms with E-state index < -0.39 is 5.97 Å². The second-order valence-electron chi connectivity index (χ2n) is 9.67. The average molecular weight is 569 g/mol. The number of hydrogen-bond acceptors (Lipinski definition) is 8. The normalized spacial score (nSPS) is 15.9. The van der Waals surface area contributed by atoms with E-state index >= 15 is 0 Å². The number of esters is 1. The molecule has 11 nitrogen and oxygen atoms in total. The standard InChI is InChI=1S/C16H16N4O3S.C12H20N2O2/c1-3-22-14(21)13-8-18-16(24-13)20-15(17)19-11-4-5-12-10(7-11)6-9(2)23-12;15-11-6-2-1-3-9-14(11)10-12(16)13-7-4-5-8-13/h4-8H,3H2,1-2H3,(H3,17,18,19,20);1-10H2. The van der Waals surface area contributed by atoms with Crippen LogP contribution < -0.4 is 11.1 Å². The average Bonchev–Trinajstić information content (AvgIpc) is 3.66. The van der Waals surface area contributed by atoms with Gasteiger partial charge in [0.05, 0.1) is 19.3 Å². The molecule has 40 heavy (non-hydrogen) atoms. The van der Waals surface area contributed by atoms with Crippen LogP contribution in [0, 0.1) is 6.92 Å². The van der Waals surface area contributed by atoms with Gasteiger partial charge in [0.1, 0.15) is 16.2 Å². The molecule has 0 atom stereocenters. The first-order valence-corrected chi connectivity index (χ1v) is 14.4. The Hall–Kier alpha value is -3.93. The molecule has 214 valence electrons. The lowest BCUT2D eigenvalue weighted by Crippen LogP contribution is -2.41. The largest absolute Gasteiger partial charge is 0.462 e. The molecule has 12 heteroatoms. The van der Waals surface area contributed by atoms with Crippen molar-refractivity contribution < 1.29 is 23.5 Å². The minimum absolute atomic E-state index is 0.132. The van der Waals surface area contributed by atoms with Crippen molar-refractivity contribution in [3.8, 4) is 0 Å². The summed E-state index contributed by atoms with van der Waals surface area (Å²) in [5, 5.41) is 4.35. The zero-order chi connectivity index (χ0) is 28.5. The zero-order valence-electron chi connectivity index (χ0n) is 23.0. The van der Waals surface area contributed by atoms with Gasteiger partial charge in [0, 0.05) is 37.1 Å². The monoisotopic (exact) mass is 568 g/mol. The van der Waals surface area contributed by atoms with Gasteiger partial charge in [-0.2, -0.15) is 4.99 Å². The number of fused-ring (bicyclic) bond motifs is 1. The van der Waals surface area contributed by atoms with Gasteiger partial charge in [-0.3, -0.25) is 9.59 Å². The molecule has 0 bridgehead atoms. The molecule has 0 radical (unpaired) electrons. The van der Waals surface area contributed by atoms with E-state index in [1.54, 1.807) is 11.8 Å². The van der Waals surface area contributed by atoms with Crippen molar-refractivity contribution in [1.29, 1.82) is 0 Å². The molecule has 0 spiro atoms. The van der Waals surface area contributed by atoms with Gasteiger partial charge in [-0.1, -0.05) is 17.8 Å². The van der Waals surface area contributed by atoms with Crippen LogP contribution in [0.2, 0.25) is 0 Å². The summed E-state index contributed by atoms with van der Waals surface area (Å²) in [5.74, 6) is 0.902. The number of nitrogens with two attached hydrogens (primary N) is 1. The SMILES string of the molecule is CCOC(=O)c1cnc(N=C(N)Nc2ccc3oc(C)cc3c2)s1.O=C(CN1CCCCCC1=O)N1CCCC1.